The van der Waals surface area contributed by atoms with Gasteiger partial charge in [-0.1, -0.05) is 12.1 Å². The summed E-state index contributed by atoms with van der Waals surface area (Å²) in [4.78, 5) is 11.1. The van der Waals surface area contributed by atoms with Crippen LogP contribution in [-0.4, -0.2) is 32.7 Å². The van der Waals surface area contributed by atoms with Crippen LogP contribution in [0.5, 0.6) is 5.75 Å². The van der Waals surface area contributed by atoms with Gasteiger partial charge in [-0.2, -0.15) is 14.6 Å². The van der Waals surface area contributed by atoms with E-state index in [1.165, 1.54) is 18.4 Å². The molecular weight excluding hydrogens is 290 g/mol. The predicted molar refractivity (Wildman–Crippen MR) is 87.7 cm³/mol. The van der Waals surface area contributed by atoms with Crippen molar-refractivity contribution in [3.63, 3.8) is 0 Å². The lowest BCUT2D eigenvalue weighted by Crippen LogP contribution is -2.27. The van der Waals surface area contributed by atoms with E-state index in [-0.39, 0.29) is 0 Å². The molecule has 0 saturated heterocycles. The molecule has 4 rings (SSSR count). The Balaban J connectivity index is 1.70. The van der Waals surface area contributed by atoms with E-state index in [1.54, 1.807) is 13.4 Å². The molecule has 2 heterocycles. The van der Waals surface area contributed by atoms with Crippen LogP contribution in [0.2, 0.25) is 0 Å². The van der Waals surface area contributed by atoms with Crippen molar-refractivity contribution < 1.29 is 4.74 Å². The summed E-state index contributed by atoms with van der Waals surface area (Å²) >= 11 is 0. The average Bonchev–Trinajstić information content (AvgIpc) is 3.30. The zero-order valence-corrected chi connectivity index (χ0v) is 13.3. The Hall–Kier alpha value is -2.63. The van der Waals surface area contributed by atoms with E-state index in [1.807, 2.05) is 23.6 Å². The maximum absolute atomic E-state index is 5.24. The second-order valence-electron chi connectivity index (χ2n) is 5.93. The summed E-state index contributed by atoms with van der Waals surface area (Å²) in [5.74, 6) is 2.59. The van der Waals surface area contributed by atoms with E-state index < -0.39 is 0 Å². The molecule has 23 heavy (non-hydrogen) atoms. The number of benzene rings is 1. The standard InChI is InChI=1S/C17H19N5O/c1-12-9-16(22-17(20-12)18-11-19-22)21(14-5-6-14)10-13-3-7-15(23-2)8-4-13/h3-4,7-9,11,14H,5-6,10H2,1-2H3. The van der Waals surface area contributed by atoms with Gasteiger partial charge in [0.1, 0.15) is 17.9 Å². The minimum Gasteiger partial charge on any atom is -0.497 e. The van der Waals surface area contributed by atoms with Gasteiger partial charge < -0.3 is 9.64 Å². The van der Waals surface area contributed by atoms with Gasteiger partial charge in [0.2, 0.25) is 0 Å². The van der Waals surface area contributed by atoms with Gasteiger partial charge in [-0.05, 0) is 37.5 Å². The summed E-state index contributed by atoms with van der Waals surface area (Å²) < 4.78 is 7.07. The number of ether oxygens (including phenoxy) is 1. The van der Waals surface area contributed by atoms with E-state index in [9.17, 15) is 0 Å². The molecule has 0 unspecified atom stereocenters. The van der Waals surface area contributed by atoms with Gasteiger partial charge in [0, 0.05) is 24.3 Å². The number of hydrogen-bond donors (Lipinski definition) is 0. The van der Waals surface area contributed by atoms with Crippen LogP contribution in [0.15, 0.2) is 36.7 Å². The SMILES string of the molecule is COc1ccc(CN(c2cc(C)nc3ncnn23)C2CC2)cc1. The van der Waals surface area contributed by atoms with Crippen molar-refractivity contribution in [2.45, 2.75) is 32.4 Å². The van der Waals surface area contributed by atoms with Gasteiger partial charge in [0.15, 0.2) is 0 Å². The van der Waals surface area contributed by atoms with E-state index in [2.05, 4.69) is 38.2 Å². The number of aryl methyl sites for hydroxylation is 1. The number of fused-ring (bicyclic) bond motifs is 1. The Morgan fingerprint density at radius 1 is 1.26 bits per heavy atom. The third-order valence-corrected chi connectivity index (χ3v) is 4.15. The highest BCUT2D eigenvalue weighted by Gasteiger charge is 2.31. The molecule has 0 spiro atoms. The summed E-state index contributed by atoms with van der Waals surface area (Å²) in [6.07, 6.45) is 3.99. The second-order valence-corrected chi connectivity index (χ2v) is 5.93. The molecule has 1 fully saturated rings. The molecule has 0 aliphatic heterocycles. The predicted octanol–water partition coefficient (Wildman–Crippen LogP) is 2.61. The fourth-order valence-corrected chi connectivity index (χ4v) is 2.83. The first-order valence-corrected chi connectivity index (χ1v) is 7.81. The van der Waals surface area contributed by atoms with E-state index in [0.29, 0.717) is 11.8 Å². The monoisotopic (exact) mass is 309 g/mol. The summed E-state index contributed by atoms with van der Waals surface area (Å²) in [6.45, 7) is 2.84. The highest BCUT2D eigenvalue weighted by molar-refractivity contribution is 5.49. The van der Waals surface area contributed by atoms with Gasteiger partial charge in [-0.15, -0.1) is 0 Å². The topological polar surface area (TPSA) is 55.5 Å². The molecule has 0 amide bonds. The molecule has 1 aliphatic rings. The lowest BCUT2D eigenvalue weighted by Gasteiger charge is -2.25. The first-order valence-electron chi connectivity index (χ1n) is 7.81. The number of nitrogens with zero attached hydrogens (tertiary/aromatic N) is 5. The van der Waals surface area contributed by atoms with Crippen molar-refractivity contribution in [3.05, 3.63) is 47.9 Å². The Bertz CT molecular complexity index is 823. The maximum atomic E-state index is 5.24. The molecule has 2 aromatic heterocycles. The summed E-state index contributed by atoms with van der Waals surface area (Å²) in [6, 6.07) is 10.9. The number of aromatic nitrogens is 4. The van der Waals surface area contributed by atoms with Crippen LogP contribution < -0.4 is 9.64 Å². The normalized spacial score (nSPS) is 14.2. The smallest absolute Gasteiger partial charge is 0.254 e. The molecule has 1 aliphatic carbocycles. The average molecular weight is 309 g/mol. The van der Waals surface area contributed by atoms with Crippen LogP contribution in [0.3, 0.4) is 0 Å². The van der Waals surface area contributed by atoms with E-state index >= 15 is 0 Å². The Kier molecular flexibility index (Phi) is 3.37. The molecule has 0 radical (unpaired) electrons. The Labute approximate surface area is 134 Å². The molecule has 0 atom stereocenters. The number of anilines is 1. The Morgan fingerprint density at radius 3 is 2.74 bits per heavy atom. The number of rotatable bonds is 5. The number of hydrogen-bond acceptors (Lipinski definition) is 5. The molecule has 118 valence electrons. The first kappa shape index (κ1) is 14.0. The molecule has 6 heteroatoms. The molecule has 6 nitrogen and oxygen atoms in total. The van der Waals surface area contributed by atoms with Crippen molar-refractivity contribution in [3.8, 4) is 5.75 Å². The fourth-order valence-electron chi connectivity index (χ4n) is 2.83. The lowest BCUT2D eigenvalue weighted by molar-refractivity contribution is 0.414. The molecule has 3 aromatic rings. The fraction of sp³-hybridized carbons (Fsp3) is 0.353. The van der Waals surface area contributed by atoms with Crippen LogP contribution >= 0.6 is 0 Å². The van der Waals surface area contributed by atoms with Crippen LogP contribution in [0.4, 0.5) is 5.82 Å². The van der Waals surface area contributed by atoms with Crippen molar-refractivity contribution in [2.75, 3.05) is 12.0 Å². The highest BCUT2D eigenvalue weighted by atomic mass is 16.5. The van der Waals surface area contributed by atoms with Gasteiger partial charge in [-0.25, -0.2) is 4.98 Å². The van der Waals surface area contributed by atoms with Gasteiger partial charge in [-0.3, -0.25) is 0 Å². The third kappa shape index (κ3) is 2.72. The van der Waals surface area contributed by atoms with Crippen molar-refractivity contribution >= 4 is 11.6 Å². The van der Waals surface area contributed by atoms with Crippen molar-refractivity contribution in [1.82, 2.24) is 19.6 Å². The maximum Gasteiger partial charge on any atom is 0.254 e. The zero-order valence-electron chi connectivity index (χ0n) is 13.3. The lowest BCUT2D eigenvalue weighted by atomic mass is 10.2. The van der Waals surface area contributed by atoms with E-state index in [0.717, 1.165) is 23.8 Å². The van der Waals surface area contributed by atoms with E-state index in [4.69, 9.17) is 4.74 Å². The summed E-state index contributed by atoms with van der Waals surface area (Å²) in [5.41, 5.74) is 2.21. The molecule has 1 saturated carbocycles. The number of methoxy groups -OCH3 is 1. The molecule has 0 N–H and O–H groups in total. The van der Waals surface area contributed by atoms with Crippen LogP contribution in [0.25, 0.3) is 5.78 Å². The zero-order chi connectivity index (χ0) is 15.8. The minimum atomic E-state index is 0.561. The highest BCUT2D eigenvalue weighted by Crippen LogP contribution is 2.33. The van der Waals surface area contributed by atoms with Crippen LogP contribution in [0, 0.1) is 6.92 Å². The van der Waals surface area contributed by atoms with Crippen molar-refractivity contribution in [1.29, 1.82) is 0 Å². The van der Waals surface area contributed by atoms with Gasteiger partial charge >= 0.3 is 0 Å². The minimum absolute atomic E-state index is 0.561. The Morgan fingerprint density at radius 2 is 2.04 bits per heavy atom. The summed E-state index contributed by atoms with van der Waals surface area (Å²) in [7, 11) is 1.69. The molecule has 1 aromatic carbocycles. The largest absolute Gasteiger partial charge is 0.497 e. The molecule has 0 bridgehead atoms. The third-order valence-electron chi connectivity index (χ3n) is 4.15. The first-order chi connectivity index (χ1) is 11.2. The quantitative estimate of drug-likeness (QED) is 0.725. The van der Waals surface area contributed by atoms with Gasteiger partial charge in [0.05, 0.1) is 7.11 Å². The van der Waals surface area contributed by atoms with Gasteiger partial charge in [0.25, 0.3) is 5.78 Å². The second kappa shape index (κ2) is 5.53. The summed E-state index contributed by atoms with van der Waals surface area (Å²) in [5, 5.41) is 4.34. The van der Waals surface area contributed by atoms with Crippen LogP contribution in [0.1, 0.15) is 24.1 Å². The van der Waals surface area contributed by atoms with Crippen molar-refractivity contribution in [2.24, 2.45) is 0 Å². The van der Waals surface area contributed by atoms with Crippen LogP contribution in [-0.2, 0) is 6.54 Å². The molecular formula is C17H19N5O.